The van der Waals surface area contributed by atoms with Crippen LogP contribution in [0, 0.1) is 12.5 Å². The molecule has 3 heterocycles. The molecule has 1 saturated heterocycles. The second-order valence-electron chi connectivity index (χ2n) is 8.66. The maximum absolute atomic E-state index is 13.1. The van der Waals surface area contributed by atoms with E-state index in [1.807, 2.05) is 13.8 Å². The summed E-state index contributed by atoms with van der Waals surface area (Å²) < 4.78 is 46.9. The first-order valence-electron chi connectivity index (χ1n) is 11.1. The molecule has 0 radical (unpaired) electrons. The zero-order chi connectivity index (χ0) is 24.6. The molecule has 3 atom stereocenters. The van der Waals surface area contributed by atoms with Crippen molar-refractivity contribution in [3.05, 3.63) is 69.8 Å². The summed E-state index contributed by atoms with van der Waals surface area (Å²) in [7, 11) is 1.67. The van der Waals surface area contributed by atoms with Gasteiger partial charge in [0.15, 0.2) is 0 Å². The number of pyridine rings is 2. The number of alkyl halides is 3. The third kappa shape index (κ3) is 4.45. The Morgan fingerprint density at radius 2 is 2.00 bits per heavy atom. The highest BCUT2D eigenvalue weighted by molar-refractivity contribution is 5.89. The minimum Gasteiger partial charge on any atom is -0.490 e. The molecule has 0 amide bonds. The second kappa shape index (κ2) is 9.01. The van der Waals surface area contributed by atoms with E-state index < -0.39 is 11.7 Å². The lowest BCUT2D eigenvalue weighted by molar-refractivity contribution is -0.137. The molecule has 6 nitrogen and oxygen atoms in total. The molecule has 178 valence electrons. The lowest BCUT2D eigenvalue weighted by atomic mass is 9.87. The van der Waals surface area contributed by atoms with Gasteiger partial charge in [0.05, 0.1) is 16.8 Å². The summed E-state index contributed by atoms with van der Waals surface area (Å²) in [6, 6.07) is 9.76. The average Bonchev–Trinajstić information content (AvgIpc) is 2.81. The number of piperidine rings is 1. The summed E-state index contributed by atoms with van der Waals surface area (Å²) in [4.78, 5) is 22.7. The molecule has 0 unspecified atom stereocenters. The Kier molecular flexibility index (Phi) is 6.26. The highest BCUT2D eigenvalue weighted by Gasteiger charge is 2.36. The van der Waals surface area contributed by atoms with E-state index in [4.69, 9.17) is 11.3 Å². The highest BCUT2D eigenvalue weighted by atomic mass is 19.4. The molecule has 0 saturated carbocycles. The predicted octanol–water partition coefficient (Wildman–Crippen LogP) is 5.58. The normalized spacial score (nSPS) is 20.9. The molecule has 2 aromatic heterocycles. The quantitative estimate of drug-likeness (QED) is 0.468. The molecule has 9 heteroatoms. The zero-order valence-electron chi connectivity index (χ0n) is 19.1. The van der Waals surface area contributed by atoms with Crippen LogP contribution < -0.4 is 15.2 Å². The molecule has 1 aliphatic rings. The molecule has 0 spiro atoms. The van der Waals surface area contributed by atoms with Gasteiger partial charge in [-0.15, -0.1) is 4.98 Å². The molecule has 34 heavy (non-hydrogen) atoms. The molecule has 0 aliphatic carbocycles. The van der Waals surface area contributed by atoms with Crippen LogP contribution in [0.25, 0.3) is 15.9 Å². The Bertz CT molecular complexity index is 1310. The minimum atomic E-state index is -4.43. The molecule has 3 aromatic rings. The number of fused-ring (bicyclic) bond motifs is 1. The number of ether oxygens (including phenoxy) is 1. The lowest BCUT2D eigenvalue weighted by Crippen LogP contribution is -2.50. The first kappa shape index (κ1) is 23.6. The van der Waals surface area contributed by atoms with Crippen molar-refractivity contribution in [2.75, 3.05) is 11.4 Å². The van der Waals surface area contributed by atoms with Crippen LogP contribution in [0.15, 0.2) is 47.3 Å². The van der Waals surface area contributed by atoms with Gasteiger partial charge in [-0.25, -0.2) is 0 Å². The summed E-state index contributed by atoms with van der Waals surface area (Å²) in [5.74, 6) is 0.463. The number of anilines is 1. The van der Waals surface area contributed by atoms with Crippen LogP contribution in [0.2, 0.25) is 0 Å². The number of aromatic nitrogens is 2. The van der Waals surface area contributed by atoms with Gasteiger partial charge in [0.25, 0.3) is 11.4 Å². The van der Waals surface area contributed by atoms with E-state index in [1.165, 1.54) is 10.6 Å². The fraction of sp³-hybridized carbons (Fsp3) is 0.400. The Morgan fingerprint density at radius 1 is 1.24 bits per heavy atom. The highest BCUT2D eigenvalue weighted by Crippen LogP contribution is 2.36. The van der Waals surface area contributed by atoms with Crippen LogP contribution in [0.1, 0.15) is 32.3 Å². The molecule has 1 aliphatic heterocycles. The van der Waals surface area contributed by atoms with Gasteiger partial charge in [0.1, 0.15) is 11.9 Å². The van der Waals surface area contributed by atoms with Crippen molar-refractivity contribution in [3.8, 4) is 5.75 Å². The van der Waals surface area contributed by atoms with Crippen LogP contribution in [-0.4, -0.2) is 28.2 Å². The largest absolute Gasteiger partial charge is 0.490 e. The van der Waals surface area contributed by atoms with Gasteiger partial charge in [0, 0.05) is 38.0 Å². The van der Waals surface area contributed by atoms with Crippen molar-refractivity contribution in [1.29, 1.82) is 0 Å². The SMILES string of the molecule is [C-]#[N+]c1ccc2c(n1)c(N1C[C@@H](CC)[C@H](Oc3cccc(C(F)(F)F)c3)C[C@H]1C)cc(=O)n2C. The Balaban J connectivity index is 1.66. The smallest absolute Gasteiger partial charge is 0.416 e. The second-order valence-corrected chi connectivity index (χ2v) is 8.66. The van der Waals surface area contributed by atoms with Gasteiger partial charge < -0.3 is 19.0 Å². The summed E-state index contributed by atoms with van der Waals surface area (Å²) in [6.45, 7) is 11.9. The van der Waals surface area contributed by atoms with E-state index in [9.17, 15) is 18.0 Å². The molecule has 1 fully saturated rings. The van der Waals surface area contributed by atoms with E-state index in [0.717, 1.165) is 18.6 Å². The maximum Gasteiger partial charge on any atom is 0.416 e. The first-order valence-corrected chi connectivity index (χ1v) is 11.1. The Hall–Kier alpha value is -3.54. The fourth-order valence-corrected chi connectivity index (χ4v) is 4.58. The fourth-order valence-electron chi connectivity index (χ4n) is 4.58. The Labute approximate surface area is 195 Å². The third-order valence-electron chi connectivity index (χ3n) is 6.51. The summed E-state index contributed by atoms with van der Waals surface area (Å²) in [6.07, 6.45) is -3.40. The molecule has 4 rings (SSSR count). The van der Waals surface area contributed by atoms with Crippen LogP contribution in [-0.2, 0) is 13.2 Å². The number of aryl methyl sites for hydroxylation is 1. The van der Waals surface area contributed by atoms with Gasteiger partial charge in [-0.3, -0.25) is 4.79 Å². The van der Waals surface area contributed by atoms with Gasteiger partial charge >= 0.3 is 6.18 Å². The number of hydrogen-bond acceptors (Lipinski definition) is 4. The number of halogens is 3. The monoisotopic (exact) mass is 470 g/mol. The van der Waals surface area contributed by atoms with Crippen LogP contribution in [0.3, 0.4) is 0 Å². The predicted molar refractivity (Wildman–Crippen MR) is 124 cm³/mol. The van der Waals surface area contributed by atoms with Crippen molar-refractivity contribution in [1.82, 2.24) is 9.55 Å². The van der Waals surface area contributed by atoms with E-state index in [1.54, 1.807) is 31.3 Å². The third-order valence-corrected chi connectivity index (χ3v) is 6.51. The van der Waals surface area contributed by atoms with Gasteiger partial charge in [0.2, 0.25) is 5.52 Å². The molecule has 0 N–H and O–H groups in total. The van der Waals surface area contributed by atoms with Crippen LogP contribution in [0.5, 0.6) is 5.75 Å². The standard InChI is InChI=1S/C25H25F3N4O2/c1-5-16-14-32(20-13-23(33)31(4)19-9-10-22(29-3)30-24(19)20)15(2)11-21(16)34-18-8-6-7-17(12-18)25(26,27)28/h6-10,12-13,15-16,21H,5,11,14H2,1-2,4H3/t15-,16-,21-/m1/s1. The maximum atomic E-state index is 13.1. The first-order chi connectivity index (χ1) is 16.1. The lowest BCUT2D eigenvalue weighted by Gasteiger charge is -2.43. The number of benzene rings is 1. The van der Waals surface area contributed by atoms with E-state index in [-0.39, 0.29) is 35.2 Å². The molecular weight excluding hydrogens is 445 g/mol. The van der Waals surface area contributed by atoms with Gasteiger partial charge in [-0.05, 0) is 43.7 Å². The van der Waals surface area contributed by atoms with Crippen LogP contribution in [0.4, 0.5) is 24.7 Å². The van der Waals surface area contributed by atoms with Crippen molar-refractivity contribution in [2.45, 2.75) is 45.0 Å². The summed E-state index contributed by atoms with van der Waals surface area (Å²) >= 11 is 0. The van der Waals surface area contributed by atoms with E-state index >= 15 is 0 Å². The average molecular weight is 470 g/mol. The zero-order valence-corrected chi connectivity index (χ0v) is 19.1. The Morgan fingerprint density at radius 3 is 2.68 bits per heavy atom. The van der Waals surface area contributed by atoms with Crippen molar-refractivity contribution >= 4 is 22.5 Å². The molecule has 1 aromatic carbocycles. The van der Waals surface area contributed by atoms with Gasteiger partial charge in [-0.1, -0.05) is 19.6 Å². The van der Waals surface area contributed by atoms with Crippen LogP contribution >= 0.6 is 0 Å². The van der Waals surface area contributed by atoms with E-state index in [0.29, 0.717) is 29.7 Å². The minimum absolute atomic E-state index is 0.0221. The topological polar surface area (TPSA) is 51.7 Å². The summed E-state index contributed by atoms with van der Waals surface area (Å²) in [5, 5.41) is 0. The molecular formula is C25H25F3N4O2. The van der Waals surface area contributed by atoms with Crippen molar-refractivity contribution < 1.29 is 17.9 Å². The number of nitrogens with zero attached hydrogens (tertiary/aromatic N) is 4. The van der Waals surface area contributed by atoms with Crippen molar-refractivity contribution in [2.24, 2.45) is 13.0 Å². The number of rotatable bonds is 4. The summed E-state index contributed by atoms with van der Waals surface area (Å²) in [5.41, 5.74) is 0.957. The van der Waals surface area contributed by atoms with Crippen molar-refractivity contribution in [3.63, 3.8) is 0 Å². The van der Waals surface area contributed by atoms with E-state index in [2.05, 4.69) is 14.7 Å². The molecule has 0 bridgehead atoms. The van der Waals surface area contributed by atoms with Gasteiger partial charge in [-0.2, -0.15) is 13.2 Å². The number of hydrogen-bond donors (Lipinski definition) is 0.